The number of nitrogens with zero attached hydrogens (tertiary/aromatic N) is 1. The molecule has 1 rings (SSSR count). The summed E-state index contributed by atoms with van der Waals surface area (Å²) in [4.78, 5) is 0. The predicted octanol–water partition coefficient (Wildman–Crippen LogP) is 2.44. The second kappa shape index (κ2) is 3.24. The van der Waals surface area contributed by atoms with Gasteiger partial charge in [0.25, 0.3) is 0 Å². The Kier molecular flexibility index (Phi) is 2.54. The largest absolute Gasteiger partial charge is 0.293 e. The zero-order chi connectivity index (χ0) is 11.1. The zero-order valence-electron chi connectivity index (χ0n) is 8.04. The van der Waals surface area contributed by atoms with Crippen LogP contribution in [-0.4, -0.2) is 21.1 Å². The minimum atomic E-state index is -1.64. The Hall–Kier alpha value is -1.10. The first kappa shape index (κ1) is 11.0. The first-order valence-electron chi connectivity index (χ1n) is 3.90. The molecule has 0 N–H and O–H groups in total. The molecular weight excluding hydrogens is 198 g/mol. The van der Waals surface area contributed by atoms with Gasteiger partial charge in [-0.1, -0.05) is 0 Å². The van der Waals surface area contributed by atoms with Crippen LogP contribution in [0.4, 0.5) is 23.2 Å². The van der Waals surface area contributed by atoms with E-state index >= 15 is 0 Å². The fraction of sp³-hybridized carbons (Fsp3) is 0.333. The molecule has 0 heterocycles. The average molecular weight is 208 g/mol. The van der Waals surface area contributed by atoms with Crippen LogP contribution in [0.5, 0.6) is 0 Å². The Morgan fingerprint density at radius 3 is 1.79 bits per heavy atom. The molecule has 0 aromatic heterocycles. The molecule has 5 heteroatoms. The number of hydrogen-bond acceptors (Lipinski definition) is 0. The zero-order valence-corrected chi connectivity index (χ0v) is 8.04. The molecule has 1 aromatic carbocycles. The van der Waals surface area contributed by atoms with Gasteiger partial charge >= 0.3 is 0 Å². The summed E-state index contributed by atoms with van der Waals surface area (Å²) in [5.41, 5.74) is -0.496. The van der Waals surface area contributed by atoms with E-state index in [9.17, 15) is 17.6 Å². The van der Waals surface area contributed by atoms with Crippen LogP contribution < -0.4 is 4.48 Å². The lowest BCUT2D eigenvalue weighted by Crippen LogP contribution is -2.37. The van der Waals surface area contributed by atoms with Crippen LogP contribution >= 0.6 is 0 Å². The number of halogens is 4. The van der Waals surface area contributed by atoms with E-state index in [1.165, 1.54) is 21.1 Å². The Balaban J connectivity index is 3.53. The van der Waals surface area contributed by atoms with Crippen molar-refractivity contribution in [2.75, 3.05) is 21.1 Å². The predicted molar refractivity (Wildman–Crippen MR) is 45.8 cm³/mol. The molecule has 0 unspecified atom stereocenters. The Labute approximate surface area is 79.2 Å². The smallest absolute Gasteiger partial charge is 0.225 e. The van der Waals surface area contributed by atoms with Gasteiger partial charge in [-0.2, -0.15) is 4.39 Å². The van der Waals surface area contributed by atoms with Crippen LogP contribution in [0.2, 0.25) is 0 Å². The Bertz CT molecular complexity index is 368. The van der Waals surface area contributed by atoms with Crippen molar-refractivity contribution in [1.29, 1.82) is 0 Å². The minimum absolute atomic E-state index is 0.255. The van der Waals surface area contributed by atoms with Gasteiger partial charge in [0.1, 0.15) is 0 Å². The van der Waals surface area contributed by atoms with Crippen LogP contribution in [0.25, 0.3) is 0 Å². The third-order valence-electron chi connectivity index (χ3n) is 1.76. The summed E-state index contributed by atoms with van der Waals surface area (Å²) in [7, 11) is 4.37. The highest BCUT2D eigenvalue weighted by Gasteiger charge is 2.28. The van der Waals surface area contributed by atoms with Crippen molar-refractivity contribution in [3.8, 4) is 0 Å². The Morgan fingerprint density at radius 2 is 1.36 bits per heavy atom. The van der Waals surface area contributed by atoms with Crippen LogP contribution in [0.1, 0.15) is 0 Å². The van der Waals surface area contributed by atoms with Crippen molar-refractivity contribution < 1.29 is 17.6 Å². The molecule has 78 valence electrons. The molecule has 14 heavy (non-hydrogen) atoms. The van der Waals surface area contributed by atoms with Crippen LogP contribution in [0.15, 0.2) is 6.07 Å². The van der Waals surface area contributed by atoms with Gasteiger partial charge in [-0.3, -0.25) is 4.48 Å². The second-order valence-corrected chi connectivity index (χ2v) is 3.83. The molecule has 0 fully saturated rings. The molecule has 0 saturated heterocycles. The van der Waals surface area contributed by atoms with Gasteiger partial charge in [-0.05, 0) is 0 Å². The van der Waals surface area contributed by atoms with Gasteiger partial charge in [-0.25, -0.2) is 13.2 Å². The van der Waals surface area contributed by atoms with E-state index in [-0.39, 0.29) is 4.48 Å². The van der Waals surface area contributed by atoms with Crippen molar-refractivity contribution in [2.45, 2.75) is 0 Å². The van der Waals surface area contributed by atoms with Crippen LogP contribution in [0, 0.1) is 23.3 Å². The van der Waals surface area contributed by atoms with E-state index < -0.39 is 29.0 Å². The maximum Gasteiger partial charge on any atom is 0.225 e. The maximum absolute atomic E-state index is 13.1. The van der Waals surface area contributed by atoms with Crippen molar-refractivity contribution in [3.63, 3.8) is 0 Å². The third kappa shape index (κ3) is 1.72. The maximum atomic E-state index is 13.1. The van der Waals surface area contributed by atoms with E-state index in [2.05, 4.69) is 0 Å². The van der Waals surface area contributed by atoms with Gasteiger partial charge in [0.15, 0.2) is 11.6 Å². The van der Waals surface area contributed by atoms with Crippen molar-refractivity contribution in [3.05, 3.63) is 29.3 Å². The van der Waals surface area contributed by atoms with Gasteiger partial charge < -0.3 is 0 Å². The summed E-state index contributed by atoms with van der Waals surface area (Å²) in [6.45, 7) is 0. The monoisotopic (exact) mass is 208 g/mol. The molecule has 1 nitrogen and oxygen atoms in total. The van der Waals surface area contributed by atoms with E-state index in [1.54, 1.807) is 0 Å². The quantitative estimate of drug-likeness (QED) is 0.288. The van der Waals surface area contributed by atoms with Gasteiger partial charge in [-0.15, -0.1) is 0 Å². The standard InChI is InChI=1S/C9H10F4N/c1-14(2,3)9-6(11)4-5(10)7(12)8(9)13/h4H,1-3H3/q+1. The first-order chi connectivity index (χ1) is 6.25. The fourth-order valence-electron chi connectivity index (χ4n) is 1.17. The fourth-order valence-corrected chi connectivity index (χ4v) is 1.17. The summed E-state index contributed by atoms with van der Waals surface area (Å²) in [5, 5.41) is 0. The molecule has 0 amide bonds. The van der Waals surface area contributed by atoms with Gasteiger partial charge in [0.05, 0.1) is 21.1 Å². The van der Waals surface area contributed by atoms with E-state index in [4.69, 9.17) is 0 Å². The molecular formula is C9H10F4N+. The third-order valence-corrected chi connectivity index (χ3v) is 1.76. The normalized spacial score (nSPS) is 11.9. The number of rotatable bonds is 1. The topological polar surface area (TPSA) is 0 Å². The molecule has 0 bridgehead atoms. The highest BCUT2D eigenvalue weighted by atomic mass is 19.2. The van der Waals surface area contributed by atoms with Crippen molar-refractivity contribution in [1.82, 2.24) is 4.48 Å². The average Bonchev–Trinajstić information content (AvgIpc) is 1.97. The molecule has 0 saturated carbocycles. The lowest BCUT2D eigenvalue weighted by Gasteiger charge is -2.24. The van der Waals surface area contributed by atoms with Crippen LogP contribution in [0.3, 0.4) is 0 Å². The lowest BCUT2D eigenvalue weighted by molar-refractivity contribution is 0.387. The Morgan fingerprint density at radius 1 is 0.857 bits per heavy atom. The van der Waals surface area contributed by atoms with E-state index in [0.717, 1.165) is 0 Å². The summed E-state index contributed by atoms with van der Waals surface area (Å²) in [6.07, 6.45) is 0. The summed E-state index contributed by atoms with van der Waals surface area (Å²) < 4.78 is 51.3. The molecule has 0 radical (unpaired) electrons. The molecule has 0 aliphatic rings. The highest BCUT2D eigenvalue weighted by molar-refractivity contribution is 5.45. The molecule has 0 atom stereocenters. The molecule has 1 aromatic rings. The van der Waals surface area contributed by atoms with Gasteiger partial charge in [0, 0.05) is 6.07 Å². The van der Waals surface area contributed by atoms with Gasteiger partial charge in [0.2, 0.25) is 17.3 Å². The number of quaternary nitrogens is 1. The number of hydrogen-bond donors (Lipinski definition) is 0. The highest BCUT2D eigenvalue weighted by Crippen LogP contribution is 2.28. The van der Waals surface area contributed by atoms with E-state index in [0.29, 0.717) is 6.07 Å². The van der Waals surface area contributed by atoms with Crippen molar-refractivity contribution >= 4 is 5.69 Å². The van der Waals surface area contributed by atoms with Crippen LogP contribution in [-0.2, 0) is 0 Å². The molecule has 0 aliphatic carbocycles. The number of benzene rings is 1. The summed E-state index contributed by atoms with van der Waals surface area (Å²) in [6, 6.07) is 0.344. The second-order valence-electron chi connectivity index (χ2n) is 3.83. The molecule has 0 spiro atoms. The lowest BCUT2D eigenvalue weighted by atomic mass is 10.2. The van der Waals surface area contributed by atoms with E-state index in [1.807, 2.05) is 0 Å². The minimum Gasteiger partial charge on any atom is -0.293 e. The first-order valence-corrected chi connectivity index (χ1v) is 3.90. The molecule has 0 aliphatic heterocycles. The van der Waals surface area contributed by atoms with Crippen molar-refractivity contribution in [2.24, 2.45) is 0 Å². The summed E-state index contributed by atoms with van der Waals surface area (Å²) >= 11 is 0. The SMILES string of the molecule is C[N+](C)(C)c1c(F)cc(F)c(F)c1F. The summed E-state index contributed by atoms with van der Waals surface area (Å²) in [5.74, 6) is -5.73.